The number of nitrogens with zero attached hydrogens (tertiary/aromatic N) is 2. The summed E-state index contributed by atoms with van der Waals surface area (Å²) in [5, 5.41) is 10.3. The van der Waals surface area contributed by atoms with Gasteiger partial charge in [0.15, 0.2) is 11.5 Å². The SMILES string of the molecule is CC(C)CN1CCOc2c(O)cc(-c3cccnc3)cc2C1. The van der Waals surface area contributed by atoms with E-state index in [0.29, 0.717) is 18.3 Å². The van der Waals surface area contributed by atoms with Gasteiger partial charge in [-0.2, -0.15) is 0 Å². The summed E-state index contributed by atoms with van der Waals surface area (Å²) in [5.41, 5.74) is 3.01. The molecular weight excluding hydrogens is 276 g/mol. The van der Waals surface area contributed by atoms with Gasteiger partial charge in [-0.15, -0.1) is 0 Å². The van der Waals surface area contributed by atoms with Gasteiger partial charge in [-0.3, -0.25) is 9.88 Å². The third-order valence-electron chi connectivity index (χ3n) is 3.81. The van der Waals surface area contributed by atoms with Gasteiger partial charge in [-0.1, -0.05) is 19.9 Å². The fourth-order valence-corrected chi connectivity index (χ4v) is 2.93. The summed E-state index contributed by atoms with van der Waals surface area (Å²) in [6, 6.07) is 7.76. The number of aromatic hydroxyl groups is 1. The van der Waals surface area contributed by atoms with Gasteiger partial charge < -0.3 is 9.84 Å². The first-order valence-corrected chi connectivity index (χ1v) is 7.75. The highest BCUT2D eigenvalue weighted by molar-refractivity contribution is 5.68. The molecule has 116 valence electrons. The van der Waals surface area contributed by atoms with Gasteiger partial charge in [-0.05, 0) is 29.7 Å². The zero-order valence-electron chi connectivity index (χ0n) is 13.1. The Morgan fingerprint density at radius 3 is 2.91 bits per heavy atom. The van der Waals surface area contributed by atoms with E-state index in [1.807, 2.05) is 18.3 Å². The summed E-state index contributed by atoms with van der Waals surface area (Å²) < 4.78 is 5.77. The number of hydrogen-bond donors (Lipinski definition) is 1. The minimum atomic E-state index is 0.211. The van der Waals surface area contributed by atoms with E-state index in [9.17, 15) is 5.11 Å². The van der Waals surface area contributed by atoms with Crippen LogP contribution < -0.4 is 4.74 Å². The van der Waals surface area contributed by atoms with Gasteiger partial charge in [0.1, 0.15) is 6.61 Å². The smallest absolute Gasteiger partial charge is 0.165 e. The van der Waals surface area contributed by atoms with E-state index in [-0.39, 0.29) is 5.75 Å². The molecular formula is C18H22N2O2. The maximum atomic E-state index is 10.3. The van der Waals surface area contributed by atoms with Crippen LogP contribution in [0.1, 0.15) is 19.4 Å². The van der Waals surface area contributed by atoms with E-state index in [1.54, 1.807) is 12.3 Å². The predicted molar refractivity (Wildman–Crippen MR) is 86.9 cm³/mol. The number of phenols is 1. The van der Waals surface area contributed by atoms with Crippen molar-refractivity contribution in [1.82, 2.24) is 9.88 Å². The van der Waals surface area contributed by atoms with Gasteiger partial charge in [0.25, 0.3) is 0 Å². The molecule has 0 fully saturated rings. The molecule has 4 heteroatoms. The topological polar surface area (TPSA) is 45.6 Å². The molecule has 0 aliphatic carbocycles. The largest absolute Gasteiger partial charge is 0.504 e. The molecule has 1 N–H and O–H groups in total. The zero-order chi connectivity index (χ0) is 15.5. The van der Waals surface area contributed by atoms with Crippen LogP contribution in [0.2, 0.25) is 0 Å². The van der Waals surface area contributed by atoms with Crippen LogP contribution in [0, 0.1) is 5.92 Å². The number of hydrogen-bond acceptors (Lipinski definition) is 4. The van der Waals surface area contributed by atoms with Crippen molar-refractivity contribution in [2.24, 2.45) is 5.92 Å². The highest BCUT2D eigenvalue weighted by atomic mass is 16.5. The van der Waals surface area contributed by atoms with Crippen LogP contribution in [-0.2, 0) is 6.54 Å². The van der Waals surface area contributed by atoms with Crippen molar-refractivity contribution in [3.05, 3.63) is 42.2 Å². The Balaban J connectivity index is 1.96. The third-order valence-corrected chi connectivity index (χ3v) is 3.81. The van der Waals surface area contributed by atoms with E-state index in [0.717, 1.165) is 36.3 Å². The Morgan fingerprint density at radius 1 is 1.32 bits per heavy atom. The molecule has 0 saturated heterocycles. The molecule has 0 amide bonds. The van der Waals surface area contributed by atoms with Crippen LogP contribution in [0.3, 0.4) is 0 Å². The summed E-state index contributed by atoms with van der Waals surface area (Å²) in [4.78, 5) is 6.53. The Morgan fingerprint density at radius 2 is 2.18 bits per heavy atom. The molecule has 0 unspecified atom stereocenters. The molecule has 2 aromatic rings. The Bertz CT molecular complexity index is 641. The minimum Gasteiger partial charge on any atom is -0.504 e. The van der Waals surface area contributed by atoms with E-state index in [4.69, 9.17) is 4.74 Å². The molecule has 1 aliphatic rings. The number of benzene rings is 1. The highest BCUT2D eigenvalue weighted by Crippen LogP contribution is 2.37. The highest BCUT2D eigenvalue weighted by Gasteiger charge is 2.20. The molecule has 2 heterocycles. The molecule has 0 saturated carbocycles. The van der Waals surface area contributed by atoms with E-state index in [2.05, 4.69) is 29.8 Å². The van der Waals surface area contributed by atoms with Crippen molar-refractivity contribution < 1.29 is 9.84 Å². The number of rotatable bonds is 3. The number of ether oxygens (including phenoxy) is 1. The number of aromatic nitrogens is 1. The lowest BCUT2D eigenvalue weighted by molar-refractivity contribution is 0.205. The quantitative estimate of drug-likeness (QED) is 0.944. The molecule has 1 aromatic heterocycles. The molecule has 0 bridgehead atoms. The van der Waals surface area contributed by atoms with Crippen LogP contribution in [0.4, 0.5) is 0 Å². The maximum absolute atomic E-state index is 10.3. The lowest BCUT2D eigenvalue weighted by Gasteiger charge is -2.21. The zero-order valence-corrected chi connectivity index (χ0v) is 13.1. The second-order valence-corrected chi connectivity index (χ2v) is 6.20. The standard InChI is InChI=1S/C18H22N2O2/c1-13(2)11-20-6-7-22-18-16(12-20)8-15(9-17(18)21)14-4-3-5-19-10-14/h3-5,8-10,13,21H,6-7,11-12H2,1-2H3. The summed E-state index contributed by atoms with van der Waals surface area (Å²) in [6.07, 6.45) is 3.56. The van der Waals surface area contributed by atoms with E-state index < -0.39 is 0 Å². The van der Waals surface area contributed by atoms with Crippen molar-refractivity contribution in [2.75, 3.05) is 19.7 Å². The number of fused-ring (bicyclic) bond motifs is 1. The van der Waals surface area contributed by atoms with Crippen LogP contribution >= 0.6 is 0 Å². The van der Waals surface area contributed by atoms with Gasteiger partial charge >= 0.3 is 0 Å². The summed E-state index contributed by atoms with van der Waals surface area (Å²) in [5.74, 6) is 1.44. The van der Waals surface area contributed by atoms with Crippen molar-refractivity contribution in [3.8, 4) is 22.6 Å². The fourth-order valence-electron chi connectivity index (χ4n) is 2.93. The molecule has 0 radical (unpaired) electrons. The molecule has 1 aliphatic heterocycles. The third kappa shape index (κ3) is 3.22. The van der Waals surface area contributed by atoms with Gasteiger partial charge in [0, 0.05) is 43.2 Å². The lowest BCUT2D eigenvalue weighted by Crippen LogP contribution is -2.29. The summed E-state index contributed by atoms with van der Waals surface area (Å²) in [6.45, 7) is 7.76. The molecule has 1 aromatic carbocycles. The average Bonchev–Trinajstić information content (AvgIpc) is 2.69. The number of pyridine rings is 1. The molecule has 3 rings (SSSR count). The van der Waals surface area contributed by atoms with Crippen LogP contribution in [0.25, 0.3) is 11.1 Å². The fraction of sp³-hybridized carbons (Fsp3) is 0.389. The molecule has 22 heavy (non-hydrogen) atoms. The van der Waals surface area contributed by atoms with Gasteiger partial charge in [0.05, 0.1) is 0 Å². The van der Waals surface area contributed by atoms with Crippen molar-refractivity contribution in [1.29, 1.82) is 0 Å². The lowest BCUT2D eigenvalue weighted by atomic mass is 10.0. The molecule has 0 atom stereocenters. The van der Waals surface area contributed by atoms with E-state index >= 15 is 0 Å². The molecule has 4 nitrogen and oxygen atoms in total. The number of phenolic OH excluding ortho intramolecular Hbond substituents is 1. The van der Waals surface area contributed by atoms with Crippen molar-refractivity contribution >= 4 is 0 Å². The van der Waals surface area contributed by atoms with Gasteiger partial charge in [-0.25, -0.2) is 0 Å². The first-order chi connectivity index (χ1) is 10.6. The van der Waals surface area contributed by atoms with Gasteiger partial charge in [0.2, 0.25) is 0 Å². The second-order valence-electron chi connectivity index (χ2n) is 6.20. The Kier molecular flexibility index (Phi) is 4.29. The Labute approximate surface area is 131 Å². The van der Waals surface area contributed by atoms with E-state index in [1.165, 1.54) is 0 Å². The van der Waals surface area contributed by atoms with Crippen LogP contribution in [0.15, 0.2) is 36.7 Å². The van der Waals surface area contributed by atoms with Crippen LogP contribution in [-0.4, -0.2) is 34.7 Å². The van der Waals surface area contributed by atoms with Crippen molar-refractivity contribution in [2.45, 2.75) is 20.4 Å². The second kappa shape index (κ2) is 6.36. The first-order valence-electron chi connectivity index (χ1n) is 7.75. The summed E-state index contributed by atoms with van der Waals surface area (Å²) in [7, 11) is 0. The normalized spacial score (nSPS) is 15.2. The first kappa shape index (κ1) is 14.9. The minimum absolute atomic E-state index is 0.211. The summed E-state index contributed by atoms with van der Waals surface area (Å²) >= 11 is 0. The molecule has 0 spiro atoms. The Hall–Kier alpha value is -2.07. The van der Waals surface area contributed by atoms with Crippen molar-refractivity contribution in [3.63, 3.8) is 0 Å². The van der Waals surface area contributed by atoms with Crippen LogP contribution in [0.5, 0.6) is 11.5 Å². The maximum Gasteiger partial charge on any atom is 0.165 e. The predicted octanol–water partition coefficient (Wildman–Crippen LogP) is 3.30. The monoisotopic (exact) mass is 298 g/mol. The average molecular weight is 298 g/mol.